The molecule has 2 heterocycles. The van der Waals surface area contributed by atoms with Crippen molar-refractivity contribution in [3.63, 3.8) is 0 Å². The smallest absolute Gasteiger partial charge is 0.155 e. The Morgan fingerprint density at radius 3 is 2.39 bits per heavy atom. The fraction of sp³-hybridized carbons (Fsp3) is 0.111. The molecule has 1 aromatic carbocycles. The van der Waals surface area contributed by atoms with E-state index in [2.05, 4.69) is 29.2 Å². The van der Waals surface area contributed by atoms with E-state index in [-0.39, 0.29) is 32.0 Å². The Hall–Kier alpha value is -1.80. The molecule has 3 rings (SSSR count). The molecule has 0 spiro atoms. The van der Waals surface area contributed by atoms with Gasteiger partial charge in [-0.25, -0.2) is 11.3 Å². The van der Waals surface area contributed by atoms with Crippen molar-refractivity contribution in [2.24, 2.45) is 0 Å². The number of aliphatic hydroxyl groups excluding tert-OH is 1. The van der Waals surface area contributed by atoms with Gasteiger partial charge in [0.15, 0.2) is 5.78 Å². The van der Waals surface area contributed by atoms with Gasteiger partial charge in [0, 0.05) is 38.4 Å². The van der Waals surface area contributed by atoms with Crippen LogP contribution in [0.1, 0.15) is 13.8 Å². The van der Waals surface area contributed by atoms with E-state index in [1.807, 2.05) is 30.5 Å². The summed E-state index contributed by atoms with van der Waals surface area (Å²) < 4.78 is 1.26. The predicted octanol–water partition coefficient (Wildman–Crippen LogP) is 4.80. The number of aliphatic hydroxyl groups is 1. The molecule has 23 heavy (non-hydrogen) atoms. The van der Waals surface area contributed by atoms with E-state index in [9.17, 15) is 4.79 Å². The average molecular weight is 417 g/mol. The standard InChI is InChI=1S/C13H8NS.C5H8O2.Pd/c1-2-7-12-10(5-1)9-13(15-12)11-6-3-4-8-14-11;1-4(6)3-5(2)7;/h1-8H;3,6H,1-2H3;/q-1;;/b;4-3-;. The van der Waals surface area contributed by atoms with Gasteiger partial charge in [-0.3, -0.25) is 4.79 Å². The van der Waals surface area contributed by atoms with Gasteiger partial charge in [0.1, 0.15) is 0 Å². The van der Waals surface area contributed by atoms with Crippen LogP contribution in [-0.2, 0) is 25.2 Å². The van der Waals surface area contributed by atoms with Crippen LogP contribution in [-0.4, -0.2) is 15.9 Å². The summed E-state index contributed by atoms with van der Waals surface area (Å²) in [6.45, 7) is 2.85. The van der Waals surface area contributed by atoms with Crippen molar-refractivity contribution in [1.29, 1.82) is 0 Å². The number of carbonyl (C=O) groups excluding carboxylic acids is 1. The first-order chi connectivity index (χ1) is 10.6. The van der Waals surface area contributed by atoms with E-state index in [0.29, 0.717) is 0 Å². The van der Waals surface area contributed by atoms with Gasteiger partial charge in [-0.05, 0) is 29.5 Å². The van der Waals surface area contributed by atoms with Crippen LogP contribution in [0, 0.1) is 6.07 Å². The molecule has 0 saturated heterocycles. The first-order valence-corrected chi connectivity index (χ1v) is 7.58. The van der Waals surface area contributed by atoms with Gasteiger partial charge < -0.3 is 10.1 Å². The molecule has 0 amide bonds. The summed E-state index contributed by atoms with van der Waals surface area (Å²) >= 11 is 1.73. The summed E-state index contributed by atoms with van der Waals surface area (Å²) in [7, 11) is 0. The van der Waals surface area contributed by atoms with Gasteiger partial charge in [0.2, 0.25) is 0 Å². The molecule has 0 saturated carbocycles. The second-order valence-electron chi connectivity index (χ2n) is 4.66. The third-order valence-electron chi connectivity index (χ3n) is 2.66. The second kappa shape index (κ2) is 9.37. The predicted molar refractivity (Wildman–Crippen MR) is 91.0 cm³/mol. The number of ketones is 1. The molecule has 0 bridgehead atoms. The number of hydrogen-bond donors (Lipinski definition) is 1. The first-order valence-electron chi connectivity index (χ1n) is 6.76. The summed E-state index contributed by atoms with van der Waals surface area (Å²) in [5.41, 5.74) is 0.999. The van der Waals surface area contributed by atoms with Crippen LogP contribution in [0.5, 0.6) is 0 Å². The number of fused-ring (bicyclic) bond motifs is 1. The Morgan fingerprint density at radius 1 is 1.17 bits per heavy atom. The molecular weight excluding hydrogens is 401 g/mol. The number of nitrogens with zero attached hydrogens (tertiary/aromatic N) is 1. The Kier molecular flexibility index (Phi) is 7.84. The monoisotopic (exact) mass is 416 g/mol. The molecule has 3 nitrogen and oxygen atoms in total. The third-order valence-corrected chi connectivity index (χ3v) is 3.75. The van der Waals surface area contributed by atoms with Crippen LogP contribution < -0.4 is 0 Å². The zero-order chi connectivity index (χ0) is 15.9. The molecule has 2 aromatic heterocycles. The maximum absolute atomic E-state index is 10.0. The Morgan fingerprint density at radius 2 is 1.87 bits per heavy atom. The van der Waals surface area contributed by atoms with Crippen LogP contribution in [0.3, 0.4) is 0 Å². The molecule has 122 valence electrons. The van der Waals surface area contributed by atoms with Crippen LogP contribution in [0.15, 0.2) is 60.5 Å². The molecular formula is C18H16NO2PdS-. The van der Waals surface area contributed by atoms with E-state index < -0.39 is 0 Å². The van der Waals surface area contributed by atoms with E-state index >= 15 is 0 Å². The van der Waals surface area contributed by atoms with E-state index in [0.717, 1.165) is 10.6 Å². The van der Waals surface area contributed by atoms with Gasteiger partial charge in [0.25, 0.3) is 0 Å². The topological polar surface area (TPSA) is 50.2 Å². The Balaban J connectivity index is 0.000000287. The van der Waals surface area contributed by atoms with E-state index in [4.69, 9.17) is 5.11 Å². The van der Waals surface area contributed by atoms with Crippen molar-refractivity contribution < 1.29 is 30.3 Å². The fourth-order valence-corrected chi connectivity index (χ4v) is 2.81. The van der Waals surface area contributed by atoms with Crippen LogP contribution in [0.4, 0.5) is 0 Å². The molecule has 0 fully saturated rings. The zero-order valence-corrected chi connectivity index (χ0v) is 15.1. The Bertz CT molecular complexity index is 760. The average Bonchev–Trinajstić information content (AvgIpc) is 2.91. The summed E-state index contributed by atoms with van der Waals surface area (Å²) in [6, 6.07) is 17.6. The molecule has 0 aliphatic carbocycles. The number of benzene rings is 1. The number of aromatic nitrogens is 1. The zero-order valence-electron chi connectivity index (χ0n) is 12.7. The van der Waals surface area contributed by atoms with Crippen molar-refractivity contribution in [2.75, 3.05) is 0 Å². The Labute approximate surface area is 153 Å². The van der Waals surface area contributed by atoms with Gasteiger partial charge in [-0.15, -0.1) is 23.6 Å². The summed E-state index contributed by atoms with van der Waals surface area (Å²) in [5.74, 6) is -0.0625. The fourth-order valence-electron chi connectivity index (χ4n) is 1.82. The molecule has 0 unspecified atom stereocenters. The first kappa shape index (κ1) is 19.2. The van der Waals surface area contributed by atoms with E-state index in [1.54, 1.807) is 11.3 Å². The minimum atomic E-state index is -0.125. The number of pyridine rings is 1. The summed E-state index contributed by atoms with van der Waals surface area (Å²) in [4.78, 5) is 15.4. The van der Waals surface area contributed by atoms with Gasteiger partial charge in [-0.2, -0.15) is 0 Å². The van der Waals surface area contributed by atoms with Crippen molar-refractivity contribution in [3.8, 4) is 10.6 Å². The number of hydrogen-bond acceptors (Lipinski definition) is 4. The molecule has 0 atom stereocenters. The summed E-state index contributed by atoms with van der Waals surface area (Å²) in [5, 5.41) is 9.53. The number of rotatable bonds is 2. The maximum atomic E-state index is 10.0. The largest absolute Gasteiger partial charge is 0.512 e. The van der Waals surface area contributed by atoms with Crippen molar-refractivity contribution in [3.05, 3.63) is 66.6 Å². The number of carbonyl (C=O) groups is 1. The third kappa shape index (κ3) is 6.07. The van der Waals surface area contributed by atoms with Crippen molar-refractivity contribution in [1.82, 2.24) is 4.98 Å². The quantitative estimate of drug-likeness (QED) is 0.282. The maximum Gasteiger partial charge on any atom is 0.155 e. The summed E-state index contributed by atoms with van der Waals surface area (Å²) in [6.07, 6.45) is 2.98. The van der Waals surface area contributed by atoms with Crippen molar-refractivity contribution >= 4 is 27.2 Å². The minimum Gasteiger partial charge on any atom is -0.512 e. The molecule has 1 N–H and O–H groups in total. The van der Waals surface area contributed by atoms with E-state index in [1.165, 1.54) is 30.0 Å². The molecule has 0 aliphatic rings. The van der Waals surface area contributed by atoms with Gasteiger partial charge in [-0.1, -0.05) is 24.3 Å². The number of allylic oxidation sites excluding steroid dienone is 2. The van der Waals surface area contributed by atoms with Crippen molar-refractivity contribution in [2.45, 2.75) is 13.8 Å². The second-order valence-corrected chi connectivity index (χ2v) is 5.72. The minimum absolute atomic E-state index is 0. The van der Waals surface area contributed by atoms with Gasteiger partial charge in [0.05, 0.1) is 5.76 Å². The van der Waals surface area contributed by atoms with Crippen LogP contribution >= 0.6 is 11.3 Å². The normalized spacial score (nSPS) is 10.4. The van der Waals surface area contributed by atoms with Crippen LogP contribution in [0.25, 0.3) is 20.7 Å². The number of thiophene rings is 1. The molecule has 0 aliphatic heterocycles. The molecule has 0 radical (unpaired) electrons. The molecule has 5 heteroatoms. The van der Waals surface area contributed by atoms with Crippen LogP contribution in [0.2, 0.25) is 0 Å². The SMILES string of the molecule is CC(=O)/C=C(/C)O.[Pd].[c-]1c(-c2ccccn2)sc2ccccc12. The molecule has 3 aromatic rings. The van der Waals surface area contributed by atoms with Gasteiger partial charge >= 0.3 is 0 Å².